The lowest BCUT2D eigenvalue weighted by atomic mass is 9.95. The number of carbonyl (C=O) groups excluding carboxylic acids is 2. The third-order valence-corrected chi connectivity index (χ3v) is 4.42. The van der Waals surface area contributed by atoms with Crippen LogP contribution in [0.3, 0.4) is 0 Å². The Balaban J connectivity index is 1.72. The fraction of sp³-hybridized carbons (Fsp3) is 0.467. The average Bonchev–Trinajstić information content (AvgIpc) is 2.77. The van der Waals surface area contributed by atoms with Gasteiger partial charge in [0.25, 0.3) is 0 Å². The number of nitrogens with one attached hydrogen (secondary N) is 1. The molecule has 4 rings (SSSR count). The van der Waals surface area contributed by atoms with E-state index in [1.807, 2.05) is 0 Å². The number of benzene rings is 1. The summed E-state index contributed by atoms with van der Waals surface area (Å²) in [6.07, 6.45) is 1.66. The SMILES string of the molecule is CN1C(=O)[C@H]2CC[C@@H]1CN(C(=O)Nc1ccc(F)c(F)c1)C2. The second-order valence-electron chi connectivity index (χ2n) is 5.84. The van der Waals surface area contributed by atoms with Gasteiger partial charge in [0.1, 0.15) is 0 Å². The molecule has 0 aliphatic carbocycles. The molecule has 5 nitrogen and oxygen atoms in total. The first-order valence-electron chi connectivity index (χ1n) is 7.23. The van der Waals surface area contributed by atoms with Gasteiger partial charge in [0.2, 0.25) is 5.91 Å². The van der Waals surface area contributed by atoms with Crippen molar-refractivity contribution in [3.8, 4) is 0 Å². The van der Waals surface area contributed by atoms with Gasteiger partial charge < -0.3 is 15.1 Å². The first-order valence-corrected chi connectivity index (χ1v) is 7.23. The summed E-state index contributed by atoms with van der Waals surface area (Å²) < 4.78 is 26.1. The molecule has 0 saturated carbocycles. The molecule has 0 radical (unpaired) electrons. The van der Waals surface area contributed by atoms with Gasteiger partial charge in [0.15, 0.2) is 11.6 Å². The molecule has 3 fully saturated rings. The highest BCUT2D eigenvalue weighted by atomic mass is 19.2. The molecule has 22 heavy (non-hydrogen) atoms. The van der Waals surface area contributed by atoms with Crippen LogP contribution in [0.1, 0.15) is 12.8 Å². The predicted octanol–water partition coefficient (Wildman–Crippen LogP) is 2.05. The lowest BCUT2D eigenvalue weighted by Gasteiger charge is -2.32. The van der Waals surface area contributed by atoms with Crippen molar-refractivity contribution in [1.29, 1.82) is 0 Å². The van der Waals surface area contributed by atoms with Gasteiger partial charge in [0.05, 0.1) is 5.92 Å². The van der Waals surface area contributed by atoms with Gasteiger partial charge in [-0.2, -0.15) is 0 Å². The van der Waals surface area contributed by atoms with Crippen LogP contribution in [0.25, 0.3) is 0 Å². The van der Waals surface area contributed by atoms with Gasteiger partial charge in [-0.05, 0) is 25.0 Å². The fourth-order valence-corrected chi connectivity index (χ4v) is 3.10. The lowest BCUT2D eigenvalue weighted by molar-refractivity contribution is -0.138. The van der Waals surface area contributed by atoms with E-state index >= 15 is 0 Å². The molecule has 0 aromatic heterocycles. The number of likely N-dealkylation sites (N-methyl/N-ethyl adjacent to an activating group) is 1. The van der Waals surface area contributed by atoms with Crippen LogP contribution in [0.5, 0.6) is 0 Å². The van der Waals surface area contributed by atoms with Gasteiger partial charge in [-0.25, -0.2) is 13.6 Å². The molecule has 1 N–H and O–H groups in total. The number of piperidine rings is 1. The molecule has 3 aliphatic heterocycles. The van der Waals surface area contributed by atoms with Crippen molar-refractivity contribution in [2.45, 2.75) is 18.9 Å². The molecule has 118 valence electrons. The Morgan fingerprint density at radius 2 is 2.00 bits per heavy atom. The molecule has 3 heterocycles. The molecular weight excluding hydrogens is 292 g/mol. The van der Waals surface area contributed by atoms with Crippen LogP contribution in [0.15, 0.2) is 18.2 Å². The van der Waals surface area contributed by atoms with Crippen LogP contribution in [0.2, 0.25) is 0 Å². The minimum atomic E-state index is -1.01. The quantitative estimate of drug-likeness (QED) is 0.863. The van der Waals surface area contributed by atoms with E-state index in [2.05, 4.69) is 5.32 Å². The van der Waals surface area contributed by atoms with E-state index in [0.717, 1.165) is 25.0 Å². The zero-order valence-electron chi connectivity index (χ0n) is 12.2. The number of hydrogen-bond donors (Lipinski definition) is 1. The van der Waals surface area contributed by atoms with Gasteiger partial charge in [0, 0.05) is 37.9 Å². The topological polar surface area (TPSA) is 52.7 Å². The number of fused-ring (bicyclic) bond motifs is 4. The number of hydrogen-bond acceptors (Lipinski definition) is 2. The van der Waals surface area contributed by atoms with Crippen LogP contribution in [-0.4, -0.2) is 47.9 Å². The number of halogens is 2. The van der Waals surface area contributed by atoms with Crippen molar-refractivity contribution < 1.29 is 18.4 Å². The second kappa shape index (κ2) is 5.55. The van der Waals surface area contributed by atoms with E-state index in [-0.39, 0.29) is 23.6 Å². The summed E-state index contributed by atoms with van der Waals surface area (Å²) in [6.45, 7) is 0.809. The molecule has 2 atom stereocenters. The van der Waals surface area contributed by atoms with Crippen molar-refractivity contribution in [2.75, 3.05) is 25.5 Å². The normalized spacial score (nSPS) is 24.4. The maximum atomic E-state index is 13.2. The summed E-state index contributed by atoms with van der Waals surface area (Å²) in [5, 5.41) is 2.56. The molecular formula is C15H17F2N3O2. The third kappa shape index (κ3) is 2.63. The molecule has 2 bridgehead atoms. The Kier molecular flexibility index (Phi) is 3.72. The van der Waals surface area contributed by atoms with Crippen molar-refractivity contribution in [3.63, 3.8) is 0 Å². The maximum Gasteiger partial charge on any atom is 0.321 e. The van der Waals surface area contributed by atoms with Crippen LogP contribution in [-0.2, 0) is 4.79 Å². The summed E-state index contributed by atoms with van der Waals surface area (Å²) in [7, 11) is 1.76. The van der Waals surface area contributed by atoms with Crippen LogP contribution in [0, 0.1) is 17.6 Å². The number of rotatable bonds is 1. The minimum absolute atomic E-state index is 0.0157. The summed E-state index contributed by atoms with van der Waals surface area (Å²) in [5.41, 5.74) is 0.195. The smallest absolute Gasteiger partial charge is 0.321 e. The summed E-state index contributed by atoms with van der Waals surface area (Å²) in [5.74, 6) is -2.08. The monoisotopic (exact) mass is 309 g/mol. The minimum Gasteiger partial charge on any atom is -0.341 e. The lowest BCUT2D eigenvalue weighted by Crippen LogP contribution is -2.45. The van der Waals surface area contributed by atoms with E-state index in [1.54, 1.807) is 16.8 Å². The van der Waals surface area contributed by atoms with Gasteiger partial charge in [-0.1, -0.05) is 0 Å². The zero-order chi connectivity index (χ0) is 15.9. The van der Waals surface area contributed by atoms with Crippen LogP contribution in [0.4, 0.5) is 19.3 Å². The molecule has 1 aromatic carbocycles. The van der Waals surface area contributed by atoms with Gasteiger partial charge in [-0.3, -0.25) is 4.79 Å². The Hall–Kier alpha value is -2.18. The van der Waals surface area contributed by atoms with E-state index in [1.165, 1.54) is 6.07 Å². The van der Waals surface area contributed by atoms with E-state index in [4.69, 9.17) is 0 Å². The highest BCUT2D eigenvalue weighted by Crippen LogP contribution is 2.28. The van der Waals surface area contributed by atoms with Crippen molar-refractivity contribution in [2.24, 2.45) is 5.92 Å². The second-order valence-corrected chi connectivity index (χ2v) is 5.84. The summed E-state index contributed by atoms with van der Waals surface area (Å²) >= 11 is 0. The highest BCUT2D eigenvalue weighted by Gasteiger charge is 2.40. The standard InChI is InChI=1S/C15H17F2N3O2/c1-19-11-4-2-9(14(19)21)7-20(8-11)15(22)18-10-3-5-12(16)13(17)6-10/h3,5-6,9,11H,2,4,7-8H2,1H3,(H,18,22)/t9-,11+/m0/s1. The molecule has 3 saturated heterocycles. The van der Waals surface area contributed by atoms with Gasteiger partial charge >= 0.3 is 6.03 Å². The largest absolute Gasteiger partial charge is 0.341 e. The maximum absolute atomic E-state index is 13.2. The average molecular weight is 309 g/mol. The Bertz CT molecular complexity index is 623. The summed E-state index contributed by atoms with van der Waals surface area (Å²) in [4.78, 5) is 27.7. The Morgan fingerprint density at radius 1 is 1.23 bits per heavy atom. The molecule has 7 heteroatoms. The van der Waals surface area contributed by atoms with Gasteiger partial charge in [-0.15, -0.1) is 0 Å². The number of nitrogens with zero attached hydrogens (tertiary/aromatic N) is 2. The third-order valence-electron chi connectivity index (χ3n) is 4.42. The first-order chi connectivity index (χ1) is 10.5. The molecule has 1 aromatic rings. The number of anilines is 1. The Labute approximate surface area is 126 Å². The van der Waals surface area contributed by atoms with E-state index in [0.29, 0.717) is 13.1 Å². The van der Waals surface area contributed by atoms with Crippen LogP contribution >= 0.6 is 0 Å². The van der Waals surface area contributed by atoms with Crippen molar-refractivity contribution in [3.05, 3.63) is 29.8 Å². The molecule has 0 unspecified atom stereocenters. The number of carbonyl (C=O) groups is 2. The predicted molar refractivity (Wildman–Crippen MR) is 76.2 cm³/mol. The molecule has 3 aliphatic rings. The number of amides is 3. The van der Waals surface area contributed by atoms with Crippen molar-refractivity contribution in [1.82, 2.24) is 9.80 Å². The first kappa shape index (κ1) is 14.7. The zero-order valence-corrected chi connectivity index (χ0v) is 12.2. The number of urea groups is 1. The highest BCUT2D eigenvalue weighted by molar-refractivity contribution is 5.90. The summed E-state index contributed by atoms with van der Waals surface area (Å²) in [6, 6.07) is 2.83. The van der Waals surface area contributed by atoms with E-state index in [9.17, 15) is 18.4 Å². The molecule has 0 spiro atoms. The van der Waals surface area contributed by atoms with E-state index < -0.39 is 17.7 Å². The van der Waals surface area contributed by atoms with Crippen molar-refractivity contribution >= 4 is 17.6 Å². The fourth-order valence-electron chi connectivity index (χ4n) is 3.10. The Morgan fingerprint density at radius 3 is 2.73 bits per heavy atom. The van der Waals surface area contributed by atoms with Crippen LogP contribution < -0.4 is 5.32 Å². The molecule has 3 amide bonds.